The first kappa shape index (κ1) is 14.2. The van der Waals surface area contributed by atoms with E-state index in [1.165, 1.54) is 0 Å². The van der Waals surface area contributed by atoms with Crippen molar-refractivity contribution in [3.05, 3.63) is 24.3 Å². The molecule has 2 N–H and O–H groups in total. The number of amides is 1. The standard InChI is InChI=1S/C14H19N3O3S/c1-10-9-21(19,20)7-6-17(10)14(18)13-8-15-11-4-2-3-5-12(11)16-13/h2-5,10,13,15-16H,6-9H2,1H3. The molecule has 1 fully saturated rings. The van der Waals surface area contributed by atoms with Gasteiger partial charge in [0.1, 0.15) is 6.04 Å². The van der Waals surface area contributed by atoms with Gasteiger partial charge in [-0.3, -0.25) is 4.79 Å². The molecule has 7 heteroatoms. The van der Waals surface area contributed by atoms with Crippen molar-refractivity contribution >= 4 is 27.1 Å². The molecule has 0 saturated carbocycles. The number of nitrogens with one attached hydrogen (secondary N) is 2. The van der Waals surface area contributed by atoms with Gasteiger partial charge < -0.3 is 15.5 Å². The summed E-state index contributed by atoms with van der Waals surface area (Å²) in [6, 6.07) is 7.10. The summed E-state index contributed by atoms with van der Waals surface area (Å²) in [6.45, 7) is 2.58. The first-order valence-corrected chi connectivity index (χ1v) is 8.89. The van der Waals surface area contributed by atoms with E-state index in [0.29, 0.717) is 6.54 Å². The van der Waals surface area contributed by atoms with Crippen molar-refractivity contribution in [2.75, 3.05) is 35.2 Å². The van der Waals surface area contributed by atoms with Crippen LogP contribution in [0.25, 0.3) is 0 Å². The molecule has 0 radical (unpaired) electrons. The summed E-state index contributed by atoms with van der Waals surface area (Å²) in [5.74, 6) is 0.0642. The van der Waals surface area contributed by atoms with Crippen molar-refractivity contribution in [1.29, 1.82) is 0 Å². The maximum atomic E-state index is 12.6. The fourth-order valence-electron chi connectivity index (χ4n) is 2.89. The average molecular weight is 309 g/mol. The summed E-state index contributed by atoms with van der Waals surface area (Å²) in [6.07, 6.45) is 0. The van der Waals surface area contributed by atoms with E-state index in [1.807, 2.05) is 24.3 Å². The molecule has 0 aromatic heterocycles. The van der Waals surface area contributed by atoms with E-state index in [4.69, 9.17) is 0 Å². The Morgan fingerprint density at radius 2 is 2.00 bits per heavy atom. The number of para-hydroxylation sites is 2. The highest BCUT2D eigenvalue weighted by Crippen LogP contribution is 2.26. The number of fused-ring (bicyclic) bond motifs is 1. The summed E-state index contributed by atoms with van der Waals surface area (Å²) in [5, 5.41) is 6.47. The van der Waals surface area contributed by atoms with Crippen LogP contribution in [-0.2, 0) is 14.6 Å². The Morgan fingerprint density at radius 3 is 2.71 bits per heavy atom. The molecule has 1 amide bonds. The third-order valence-electron chi connectivity index (χ3n) is 4.00. The van der Waals surface area contributed by atoms with E-state index in [-0.39, 0.29) is 36.0 Å². The van der Waals surface area contributed by atoms with Crippen LogP contribution >= 0.6 is 0 Å². The number of hydrogen-bond donors (Lipinski definition) is 2. The van der Waals surface area contributed by atoms with Gasteiger partial charge in [0.2, 0.25) is 5.91 Å². The maximum absolute atomic E-state index is 12.6. The van der Waals surface area contributed by atoms with Crippen molar-refractivity contribution < 1.29 is 13.2 Å². The maximum Gasteiger partial charge on any atom is 0.247 e. The minimum atomic E-state index is -3.01. The summed E-state index contributed by atoms with van der Waals surface area (Å²) in [7, 11) is -3.01. The molecule has 1 aromatic rings. The van der Waals surface area contributed by atoms with Crippen LogP contribution in [0.2, 0.25) is 0 Å². The zero-order valence-corrected chi connectivity index (χ0v) is 12.7. The highest BCUT2D eigenvalue weighted by Gasteiger charge is 2.35. The van der Waals surface area contributed by atoms with E-state index >= 15 is 0 Å². The number of carbonyl (C=O) groups is 1. The van der Waals surface area contributed by atoms with E-state index < -0.39 is 9.84 Å². The monoisotopic (exact) mass is 309 g/mol. The van der Waals surface area contributed by atoms with Gasteiger partial charge in [0.05, 0.1) is 22.9 Å². The van der Waals surface area contributed by atoms with Crippen LogP contribution in [0.1, 0.15) is 6.92 Å². The smallest absolute Gasteiger partial charge is 0.247 e. The molecule has 0 bridgehead atoms. The molecule has 1 saturated heterocycles. The van der Waals surface area contributed by atoms with Crippen LogP contribution in [0.3, 0.4) is 0 Å². The predicted octanol–water partition coefficient (Wildman–Crippen LogP) is 0.538. The second-order valence-electron chi connectivity index (χ2n) is 5.62. The molecule has 0 aliphatic carbocycles. The van der Waals surface area contributed by atoms with Crippen LogP contribution in [0.15, 0.2) is 24.3 Å². The first-order chi connectivity index (χ1) is 9.96. The van der Waals surface area contributed by atoms with E-state index in [0.717, 1.165) is 11.4 Å². The lowest BCUT2D eigenvalue weighted by molar-refractivity contribution is -0.133. The van der Waals surface area contributed by atoms with Crippen molar-refractivity contribution in [1.82, 2.24) is 4.90 Å². The second kappa shape index (κ2) is 5.22. The minimum absolute atomic E-state index is 0.0422. The Labute approximate surface area is 124 Å². The fraction of sp³-hybridized carbons (Fsp3) is 0.500. The summed E-state index contributed by atoms with van der Waals surface area (Å²) in [5.41, 5.74) is 1.88. The average Bonchev–Trinajstić information content (AvgIpc) is 2.45. The molecule has 2 unspecified atom stereocenters. The van der Waals surface area contributed by atoms with Crippen molar-refractivity contribution in [2.24, 2.45) is 0 Å². The highest BCUT2D eigenvalue weighted by atomic mass is 32.2. The van der Waals surface area contributed by atoms with Crippen LogP contribution in [0.4, 0.5) is 11.4 Å². The molecule has 6 nitrogen and oxygen atoms in total. The summed E-state index contributed by atoms with van der Waals surface area (Å²) in [4.78, 5) is 14.3. The van der Waals surface area contributed by atoms with Gasteiger partial charge in [-0.25, -0.2) is 8.42 Å². The molecule has 21 heavy (non-hydrogen) atoms. The highest BCUT2D eigenvalue weighted by molar-refractivity contribution is 7.91. The Morgan fingerprint density at radius 1 is 1.29 bits per heavy atom. The van der Waals surface area contributed by atoms with Gasteiger partial charge in [0.25, 0.3) is 0 Å². The SMILES string of the molecule is CC1CS(=O)(=O)CCN1C(=O)C1CNc2ccccc2N1. The second-order valence-corrected chi connectivity index (χ2v) is 7.85. The predicted molar refractivity (Wildman–Crippen MR) is 82.2 cm³/mol. The van der Waals surface area contributed by atoms with Crippen molar-refractivity contribution in [3.63, 3.8) is 0 Å². The molecule has 2 aliphatic heterocycles. The number of benzene rings is 1. The Bertz CT molecular complexity index is 659. The van der Waals surface area contributed by atoms with Gasteiger partial charge in [-0.2, -0.15) is 0 Å². The molecule has 2 aliphatic rings. The lowest BCUT2D eigenvalue weighted by Gasteiger charge is -2.37. The zero-order valence-electron chi connectivity index (χ0n) is 11.9. The molecule has 3 rings (SSSR count). The Kier molecular flexibility index (Phi) is 3.52. The zero-order chi connectivity index (χ0) is 15.0. The number of rotatable bonds is 1. The van der Waals surface area contributed by atoms with Gasteiger partial charge >= 0.3 is 0 Å². The van der Waals surface area contributed by atoms with Gasteiger partial charge in [0.15, 0.2) is 9.84 Å². The lowest BCUT2D eigenvalue weighted by atomic mass is 10.1. The Balaban J connectivity index is 1.72. The third kappa shape index (κ3) is 2.83. The van der Waals surface area contributed by atoms with E-state index in [1.54, 1.807) is 11.8 Å². The first-order valence-electron chi connectivity index (χ1n) is 7.06. The van der Waals surface area contributed by atoms with E-state index in [2.05, 4.69) is 10.6 Å². The van der Waals surface area contributed by atoms with Crippen molar-refractivity contribution in [2.45, 2.75) is 19.0 Å². The topological polar surface area (TPSA) is 78.5 Å². The van der Waals surface area contributed by atoms with Crippen LogP contribution in [0.5, 0.6) is 0 Å². The molecule has 2 atom stereocenters. The third-order valence-corrected chi connectivity index (χ3v) is 5.80. The van der Waals surface area contributed by atoms with Crippen LogP contribution < -0.4 is 10.6 Å². The molecular weight excluding hydrogens is 290 g/mol. The molecular formula is C14H19N3O3S. The normalized spacial score (nSPS) is 27.2. The van der Waals surface area contributed by atoms with Gasteiger partial charge in [-0.1, -0.05) is 12.1 Å². The summed E-state index contributed by atoms with van der Waals surface area (Å²) < 4.78 is 23.2. The number of hydrogen-bond acceptors (Lipinski definition) is 5. The quantitative estimate of drug-likeness (QED) is 0.791. The van der Waals surface area contributed by atoms with Crippen LogP contribution in [0, 0.1) is 0 Å². The van der Waals surface area contributed by atoms with Gasteiger partial charge in [0, 0.05) is 19.1 Å². The number of carbonyl (C=O) groups excluding carboxylic acids is 1. The van der Waals surface area contributed by atoms with E-state index in [9.17, 15) is 13.2 Å². The minimum Gasteiger partial charge on any atom is -0.381 e. The largest absolute Gasteiger partial charge is 0.381 e. The van der Waals surface area contributed by atoms with Crippen LogP contribution in [-0.4, -0.2) is 55.9 Å². The number of nitrogens with zero attached hydrogens (tertiary/aromatic N) is 1. The van der Waals surface area contributed by atoms with Gasteiger partial charge in [-0.05, 0) is 19.1 Å². The number of anilines is 2. The van der Waals surface area contributed by atoms with Crippen molar-refractivity contribution in [3.8, 4) is 0 Å². The Hall–Kier alpha value is -1.76. The molecule has 2 heterocycles. The summed E-state index contributed by atoms with van der Waals surface area (Å²) >= 11 is 0. The molecule has 114 valence electrons. The molecule has 0 spiro atoms. The lowest BCUT2D eigenvalue weighted by Crippen LogP contribution is -2.56. The fourth-order valence-corrected chi connectivity index (χ4v) is 4.45. The molecule has 1 aromatic carbocycles. The van der Waals surface area contributed by atoms with Gasteiger partial charge in [-0.15, -0.1) is 0 Å². The number of sulfone groups is 1.